The maximum atomic E-state index is 2.62. The van der Waals surface area contributed by atoms with Gasteiger partial charge in [-0.3, -0.25) is 4.90 Å². The number of likely N-dealkylation sites (tertiary alicyclic amines) is 1. The summed E-state index contributed by atoms with van der Waals surface area (Å²) < 4.78 is 0. The van der Waals surface area contributed by atoms with Gasteiger partial charge in [-0.15, -0.1) is 0 Å². The Morgan fingerprint density at radius 2 is 1.82 bits per heavy atom. The van der Waals surface area contributed by atoms with Crippen molar-refractivity contribution in [2.75, 3.05) is 6.54 Å². The van der Waals surface area contributed by atoms with Gasteiger partial charge < -0.3 is 0 Å². The van der Waals surface area contributed by atoms with E-state index in [-0.39, 0.29) is 0 Å². The molecule has 0 aromatic carbocycles. The third kappa shape index (κ3) is 0.936. The van der Waals surface area contributed by atoms with Crippen molar-refractivity contribution in [3.8, 4) is 0 Å². The van der Waals surface area contributed by atoms with E-state index < -0.39 is 0 Å². The Kier molecular flexibility index (Phi) is 1.26. The summed E-state index contributed by atoms with van der Waals surface area (Å²) in [5.74, 6) is 0. The normalized spacial score (nSPS) is 35.5. The van der Waals surface area contributed by atoms with Gasteiger partial charge >= 0.3 is 0 Å². The van der Waals surface area contributed by atoms with E-state index in [4.69, 9.17) is 0 Å². The molecule has 1 nitrogen and oxygen atoms in total. The van der Waals surface area contributed by atoms with Crippen molar-refractivity contribution >= 4 is 0 Å². The lowest BCUT2D eigenvalue weighted by atomic mass is 9.82. The second kappa shape index (κ2) is 1.82. The van der Waals surface area contributed by atoms with Gasteiger partial charge in [0.25, 0.3) is 0 Å². The quantitative estimate of drug-likeness (QED) is 0.516. The molecule has 0 aromatic rings. The number of hydrogen-bond donors (Lipinski definition) is 0. The van der Waals surface area contributed by atoms with Crippen molar-refractivity contribution in [2.45, 2.75) is 52.1 Å². The van der Waals surface area contributed by atoms with Crippen molar-refractivity contribution in [3.05, 3.63) is 0 Å². The van der Waals surface area contributed by atoms with Gasteiger partial charge in [0.05, 0.1) is 0 Å². The zero-order chi connectivity index (χ0) is 8.28. The first-order valence-corrected chi connectivity index (χ1v) is 4.72. The van der Waals surface area contributed by atoms with Crippen LogP contribution in [0.3, 0.4) is 0 Å². The van der Waals surface area contributed by atoms with E-state index in [9.17, 15) is 0 Å². The van der Waals surface area contributed by atoms with E-state index in [1.807, 2.05) is 0 Å². The van der Waals surface area contributed by atoms with Crippen LogP contribution in [-0.4, -0.2) is 23.0 Å². The second-order valence-electron chi connectivity index (χ2n) is 5.34. The van der Waals surface area contributed by atoms with Crippen LogP contribution in [-0.2, 0) is 0 Å². The van der Waals surface area contributed by atoms with Crippen LogP contribution in [0, 0.1) is 5.41 Å². The van der Waals surface area contributed by atoms with Gasteiger partial charge in [-0.2, -0.15) is 0 Å². The van der Waals surface area contributed by atoms with Gasteiger partial charge in [0.2, 0.25) is 0 Å². The van der Waals surface area contributed by atoms with Crippen LogP contribution in [0.15, 0.2) is 0 Å². The van der Waals surface area contributed by atoms with Gasteiger partial charge in [0.1, 0.15) is 0 Å². The average molecular weight is 153 g/mol. The third-order valence-electron chi connectivity index (χ3n) is 3.59. The van der Waals surface area contributed by atoms with E-state index in [2.05, 4.69) is 32.6 Å². The Morgan fingerprint density at radius 1 is 1.27 bits per heavy atom. The molecule has 0 amide bonds. The fourth-order valence-corrected chi connectivity index (χ4v) is 2.38. The molecule has 1 atom stereocenters. The van der Waals surface area contributed by atoms with Crippen molar-refractivity contribution in [2.24, 2.45) is 5.41 Å². The molecular formula is C10H19N. The molecule has 1 heterocycles. The Bertz CT molecular complexity index is 174. The molecule has 1 aliphatic heterocycles. The van der Waals surface area contributed by atoms with E-state index in [0.717, 1.165) is 11.5 Å². The first-order valence-electron chi connectivity index (χ1n) is 4.72. The fourth-order valence-electron chi connectivity index (χ4n) is 2.38. The summed E-state index contributed by atoms with van der Waals surface area (Å²) >= 11 is 0. The summed E-state index contributed by atoms with van der Waals surface area (Å²) in [6, 6.07) is 0.850. The molecule has 0 aromatic heterocycles. The monoisotopic (exact) mass is 153 g/mol. The first-order chi connectivity index (χ1) is 4.96. The van der Waals surface area contributed by atoms with Crippen molar-refractivity contribution < 1.29 is 0 Å². The molecule has 0 N–H and O–H groups in total. The van der Waals surface area contributed by atoms with Gasteiger partial charge in [-0.1, -0.05) is 0 Å². The highest BCUT2D eigenvalue weighted by molar-refractivity contribution is 5.13. The molecule has 2 fully saturated rings. The van der Waals surface area contributed by atoms with Crippen LogP contribution >= 0.6 is 0 Å². The minimum absolute atomic E-state index is 0.396. The molecule has 1 spiro atoms. The molecule has 1 saturated carbocycles. The second-order valence-corrected chi connectivity index (χ2v) is 5.34. The molecule has 1 heteroatoms. The van der Waals surface area contributed by atoms with Crippen molar-refractivity contribution in [3.63, 3.8) is 0 Å². The van der Waals surface area contributed by atoms with E-state index >= 15 is 0 Å². The number of nitrogens with zero attached hydrogens (tertiary/aromatic N) is 1. The molecule has 2 aliphatic rings. The van der Waals surface area contributed by atoms with Gasteiger partial charge in [-0.25, -0.2) is 0 Å². The Morgan fingerprint density at radius 3 is 2.09 bits per heavy atom. The predicted molar refractivity (Wildman–Crippen MR) is 47.6 cm³/mol. The minimum Gasteiger partial charge on any atom is -0.295 e. The molecule has 1 aliphatic carbocycles. The zero-order valence-corrected chi connectivity index (χ0v) is 8.15. The van der Waals surface area contributed by atoms with Gasteiger partial charge in [0, 0.05) is 18.1 Å². The molecular weight excluding hydrogens is 134 g/mol. The Balaban J connectivity index is 2.02. The molecule has 1 saturated heterocycles. The largest absolute Gasteiger partial charge is 0.295 e. The van der Waals surface area contributed by atoms with Crippen LogP contribution in [0.1, 0.15) is 40.5 Å². The maximum Gasteiger partial charge on any atom is 0.0141 e. The molecule has 11 heavy (non-hydrogen) atoms. The lowest BCUT2D eigenvalue weighted by Crippen LogP contribution is -2.63. The lowest BCUT2D eigenvalue weighted by molar-refractivity contribution is -0.0599. The van der Waals surface area contributed by atoms with Crippen LogP contribution in [0.4, 0.5) is 0 Å². The Labute approximate surface area is 69.8 Å². The van der Waals surface area contributed by atoms with Crippen LogP contribution < -0.4 is 0 Å². The molecule has 0 unspecified atom stereocenters. The van der Waals surface area contributed by atoms with Crippen LogP contribution in [0.5, 0.6) is 0 Å². The van der Waals surface area contributed by atoms with E-state index in [1.54, 1.807) is 0 Å². The SMILES string of the molecule is C[C@H]1N(C(C)(C)C)CC12CC2. The maximum absolute atomic E-state index is 2.62. The number of hydrogen-bond acceptors (Lipinski definition) is 1. The lowest BCUT2D eigenvalue weighted by Gasteiger charge is -2.54. The molecule has 0 radical (unpaired) electrons. The summed E-state index contributed by atoms with van der Waals surface area (Å²) in [5.41, 5.74) is 1.18. The number of rotatable bonds is 0. The molecule has 2 rings (SSSR count). The third-order valence-corrected chi connectivity index (χ3v) is 3.59. The highest BCUT2D eigenvalue weighted by Crippen LogP contribution is 2.59. The molecule has 64 valence electrons. The van der Waals surface area contributed by atoms with Gasteiger partial charge in [-0.05, 0) is 46.0 Å². The van der Waals surface area contributed by atoms with Crippen LogP contribution in [0.2, 0.25) is 0 Å². The predicted octanol–water partition coefficient (Wildman–Crippen LogP) is 2.27. The average Bonchev–Trinajstić information content (AvgIpc) is 2.60. The Hall–Kier alpha value is -0.0400. The van der Waals surface area contributed by atoms with E-state index in [1.165, 1.54) is 19.4 Å². The highest BCUT2D eigenvalue weighted by Gasteiger charge is 2.60. The topological polar surface area (TPSA) is 3.24 Å². The minimum atomic E-state index is 0.396. The summed E-state index contributed by atoms with van der Waals surface area (Å²) in [6.45, 7) is 10.7. The van der Waals surface area contributed by atoms with Crippen LogP contribution in [0.25, 0.3) is 0 Å². The highest BCUT2D eigenvalue weighted by atomic mass is 15.3. The van der Waals surface area contributed by atoms with Crippen molar-refractivity contribution in [1.82, 2.24) is 4.90 Å². The van der Waals surface area contributed by atoms with E-state index in [0.29, 0.717) is 5.54 Å². The zero-order valence-electron chi connectivity index (χ0n) is 8.15. The fraction of sp³-hybridized carbons (Fsp3) is 1.00. The first kappa shape index (κ1) is 7.60. The summed E-state index contributed by atoms with van der Waals surface area (Å²) in [4.78, 5) is 2.62. The molecule has 0 bridgehead atoms. The van der Waals surface area contributed by atoms with Gasteiger partial charge in [0.15, 0.2) is 0 Å². The summed E-state index contributed by atoms with van der Waals surface area (Å²) in [6.07, 6.45) is 2.97. The van der Waals surface area contributed by atoms with Crippen molar-refractivity contribution in [1.29, 1.82) is 0 Å². The standard InChI is InChI=1S/C10H19N/c1-8-10(5-6-10)7-11(8)9(2,3)4/h8H,5-7H2,1-4H3/t8-/m1/s1. The smallest absolute Gasteiger partial charge is 0.0141 e. The summed E-state index contributed by atoms with van der Waals surface area (Å²) in [5, 5.41) is 0. The summed E-state index contributed by atoms with van der Waals surface area (Å²) in [7, 11) is 0.